The van der Waals surface area contributed by atoms with E-state index in [1.807, 2.05) is 0 Å². The molecule has 1 atom stereocenters. The Kier molecular flexibility index (Phi) is 5.15. The molecule has 0 fully saturated rings. The first-order valence-corrected chi connectivity index (χ1v) is 6.78. The van der Waals surface area contributed by atoms with Gasteiger partial charge in [-0.15, -0.1) is 0 Å². The number of carbonyl (C=O) groups is 2. The number of hydrogen-bond acceptors (Lipinski definition) is 4. The Morgan fingerprint density at radius 3 is 2.55 bits per heavy atom. The number of alkyl carbamates (subject to hydrolysis) is 1. The number of ether oxygens (including phenoxy) is 1. The van der Waals surface area contributed by atoms with E-state index in [0.717, 1.165) is 0 Å². The van der Waals surface area contributed by atoms with E-state index in [1.165, 1.54) is 0 Å². The van der Waals surface area contributed by atoms with Crippen LogP contribution < -0.4 is 5.32 Å². The zero-order valence-electron chi connectivity index (χ0n) is 11.8. The number of nitrogens with one attached hydrogen (secondary N) is 1. The minimum atomic E-state index is -1.14. The van der Waals surface area contributed by atoms with Crippen molar-refractivity contribution in [3.05, 3.63) is 16.4 Å². The van der Waals surface area contributed by atoms with Gasteiger partial charge < -0.3 is 15.2 Å². The van der Waals surface area contributed by atoms with E-state index in [-0.39, 0.29) is 6.42 Å². The fourth-order valence-corrected chi connectivity index (χ4v) is 2.02. The highest BCUT2D eigenvalue weighted by atomic mass is 79.9. The first-order chi connectivity index (χ1) is 9.08. The first kappa shape index (κ1) is 16.5. The quantitative estimate of drug-likeness (QED) is 0.864. The molecule has 0 aliphatic heterocycles. The molecule has 1 aromatic rings. The van der Waals surface area contributed by atoms with Crippen LogP contribution in [0, 0.1) is 0 Å². The standard InChI is InChI=1S/C12H18BrN3O4/c1-12(2,3)20-11(19)14-9(10(17)18)5-8-7(13)6-16(4)15-8/h6,9H,5H2,1-4H3,(H,14,19)(H,17,18). The van der Waals surface area contributed by atoms with Crippen molar-refractivity contribution in [1.82, 2.24) is 15.1 Å². The number of hydrogen-bond donors (Lipinski definition) is 2. The van der Waals surface area contributed by atoms with E-state index in [9.17, 15) is 9.59 Å². The number of halogens is 1. The minimum absolute atomic E-state index is 0.0655. The molecule has 1 heterocycles. The fourth-order valence-electron chi connectivity index (χ4n) is 1.49. The SMILES string of the molecule is Cn1cc(Br)c(CC(NC(=O)OC(C)(C)C)C(=O)O)n1. The van der Waals surface area contributed by atoms with Gasteiger partial charge in [-0.05, 0) is 36.7 Å². The maximum Gasteiger partial charge on any atom is 0.408 e. The average Bonchev–Trinajstić information content (AvgIpc) is 2.53. The number of nitrogens with zero attached hydrogens (tertiary/aromatic N) is 2. The van der Waals surface area contributed by atoms with Crippen molar-refractivity contribution in [2.24, 2.45) is 7.05 Å². The second-order valence-corrected chi connectivity index (χ2v) is 6.19. The molecule has 8 heteroatoms. The van der Waals surface area contributed by atoms with Crippen LogP contribution in [0.25, 0.3) is 0 Å². The van der Waals surface area contributed by atoms with Crippen LogP contribution in [0.3, 0.4) is 0 Å². The third-order valence-corrected chi connectivity index (χ3v) is 2.90. The summed E-state index contributed by atoms with van der Waals surface area (Å²) >= 11 is 3.29. The molecule has 112 valence electrons. The van der Waals surface area contributed by atoms with E-state index in [1.54, 1.807) is 38.7 Å². The molecule has 0 aromatic carbocycles. The molecule has 20 heavy (non-hydrogen) atoms. The van der Waals surface area contributed by atoms with E-state index in [2.05, 4.69) is 26.3 Å². The summed E-state index contributed by atoms with van der Waals surface area (Å²) in [5.74, 6) is -1.14. The summed E-state index contributed by atoms with van der Waals surface area (Å²) in [5.41, 5.74) is -0.130. The largest absolute Gasteiger partial charge is 0.480 e. The van der Waals surface area contributed by atoms with Gasteiger partial charge in [0.15, 0.2) is 0 Å². The number of amides is 1. The number of aryl methyl sites for hydroxylation is 1. The highest BCUT2D eigenvalue weighted by molar-refractivity contribution is 9.10. The lowest BCUT2D eigenvalue weighted by Gasteiger charge is -2.21. The first-order valence-electron chi connectivity index (χ1n) is 5.99. The van der Waals surface area contributed by atoms with Gasteiger partial charge in [-0.3, -0.25) is 4.68 Å². The number of aliphatic carboxylic acids is 1. The van der Waals surface area contributed by atoms with E-state index in [4.69, 9.17) is 9.84 Å². The molecule has 0 saturated heterocycles. The summed E-state index contributed by atoms with van der Waals surface area (Å²) < 4.78 is 7.29. The molecule has 0 radical (unpaired) electrons. The molecule has 2 N–H and O–H groups in total. The number of carboxylic acid groups (broad SMARTS) is 1. The third kappa shape index (κ3) is 5.20. The lowest BCUT2D eigenvalue weighted by atomic mass is 10.1. The summed E-state index contributed by atoms with van der Waals surface area (Å²) in [7, 11) is 1.73. The molecule has 1 aromatic heterocycles. The lowest BCUT2D eigenvalue weighted by Crippen LogP contribution is -2.44. The van der Waals surface area contributed by atoms with Gasteiger partial charge in [0.05, 0.1) is 10.2 Å². The monoisotopic (exact) mass is 347 g/mol. The number of carbonyl (C=O) groups excluding carboxylic acids is 1. The van der Waals surface area contributed by atoms with Crippen LogP contribution >= 0.6 is 15.9 Å². The van der Waals surface area contributed by atoms with Gasteiger partial charge in [-0.2, -0.15) is 5.10 Å². The van der Waals surface area contributed by atoms with Gasteiger partial charge in [-0.1, -0.05) is 0 Å². The zero-order valence-corrected chi connectivity index (χ0v) is 13.4. The van der Waals surface area contributed by atoms with Gasteiger partial charge in [0.2, 0.25) is 0 Å². The number of aromatic nitrogens is 2. The van der Waals surface area contributed by atoms with Crippen LogP contribution in [0.4, 0.5) is 4.79 Å². The molecule has 0 bridgehead atoms. The molecule has 7 nitrogen and oxygen atoms in total. The van der Waals surface area contributed by atoms with Crippen molar-refractivity contribution in [3.8, 4) is 0 Å². The summed E-state index contributed by atoms with van der Waals surface area (Å²) in [4.78, 5) is 22.8. The second-order valence-electron chi connectivity index (χ2n) is 5.34. The summed E-state index contributed by atoms with van der Waals surface area (Å²) in [6, 6.07) is -1.10. The predicted molar refractivity (Wildman–Crippen MR) is 75.4 cm³/mol. The zero-order chi connectivity index (χ0) is 15.5. The van der Waals surface area contributed by atoms with Crippen molar-refractivity contribution in [2.45, 2.75) is 38.8 Å². The van der Waals surface area contributed by atoms with Crippen LogP contribution in [0.15, 0.2) is 10.7 Å². The second kappa shape index (κ2) is 6.25. The summed E-state index contributed by atoms with van der Waals surface area (Å²) in [6.45, 7) is 5.12. The molecular weight excluding hydrogens is 330 g/mol. The Labute approximate surface area is 125 Å². The number of rotatable bonds is 4. The van der Waals surface area contributed by atoms with Crippen LogP contribution in [0.1, 0.15) is 26.5 Å². The van der Waals surface area contributed by atoms with E-state index < -0.39 is 23.7 Å². The number of carboxylic acids is 1. The molecule has 1 amide bonds. The summed E-state index contributed by atoms with van der Waals surface area (Å²) in [6.07, 6.45) is 1.01. The Balaban J connectivity index is 2.73. The van der Waals surface area contributed by atoms with Crippen molar-refractivity contribution in [3.63, 3.8) is 0 Å². The molecule has 0 saturated carbocycles. The van der Waals surface area contributed by atoms with E-state index >= 15 is 0 Å². The molecule has 1 rings (SSSR count). The van der Waals surface area contributed by atoms with Crippen molar-refractivity contribution < 1.29 is 19.4 Å². The summed E-state index contributed by atoms with van der Waals surface area (Å²) in [5, 5.41) is 15.6. The minimum Gasteiger partial charge on any atom is -0.480 e. The van der Waals surface area contributed by atoms with Gasteiger partial charge >= 0.3 is 12.1 Å². The van der Waals surface area contributed by atoms with Crippen molar-refractivity contribution >= 4 is 28.0 Å². The highest BCUT2D eigenvalue weighted by Crippen LogP contribution is 2.16. The van der Waals surface area contributed by atoms with Crippen LogP contribution in [0.2, 0.25) is 0 Å². The molecule has 0 aliphatic rings. The topological polar surface area (TPSA) is 93.5 Å². The Morgan fingerprint density at radius 2 is 2.15 bits per heavy atom. The van der Waals surface area contributed by atoms with Crippen LogP contribution in [-0.4, -0.2) is 38.6 Å². The van der Waals surface area contributed by atoms with E-state index in [0.29, 0.717) is 10.2 Å². The third-order valence-electron chi connectivity index (χ3n) is 2.24. The molecule has 0 spiro atoms. The maximum atomic E-state index is 11.6. The van der Waals surface area contributed by atoms with Crippen molar-refractivity contribution in [2.75, 3.05) is 0 Å². The van der Waals surface area contributed by atoms with Gasteiger partial charge in [0.1, 0.15) is 11.6 Å². The Bertz CT molecular complexity index is 507. The molecular formula is C12H18BrN3O4. The van der Waals surface area contributed by atoms with Gasteiger partial charge in [0.25, 0.3) is 0 Å². The predicted octanol–water partition coefficient (Wildman–Crippen LogP) is 1.70. The maximum absolute atomic E-state index is 11.6. The van der Waals surface area contributed by atoms with Gasteiger partial charge in [0, 0.05) is 19.7 Å². The Hall–Kier alpha value is -1.57. The average molecular weight is 348 g/mol. The lowest BCUT2D eigenvalue weighted by molar-refractivity contribution is -0.139. The fraction of sp³-hybridized carbons (Fsp3) is 0.583. The normalized spacial score (nSPS) is 12.8. The van der Waals surface area contributed by atoms with Crippen LogP contribution in [-0.2, 0) is 23.0 Å². The smallest absolute Gasteiger partial charge is 0.408 e. The van der Waals surface area contributed by atoms with Gasteiger partial charge in [-0.25, -0.2) is 9.59 Å². The van der Waals surface area contributed by atoms with Crippen molar-refractivity contribution in [1.29, 1.82) is 0 Å². The molecule has 1 unspecified atom stereocenters. The highest BCUT2D eigenvalue weighted by Gasteiger charge is 2.25. The molecule has 0 aliphatic carbocycles. The Morgan fingerprint density at radius 1 is 1.55 bits per heavy atom. The van der Waals surface area contributed by atoms with Crippen LogP contribution in [0.5, 0.6) is 0 Å².